The number of benzene rings is 8. The van der Waals surface area contributed by atoms with Crippen molar-refractivity contribution in [3.8, 4) is 62.1 Å². The molecule has 0 aliphatic heterocycles. The van der Waals surface area contributed by atoms with Crippen LogP contribution >= 0.6 is 0 Å². The van der Waals surface area contributed by atoms with Crippen molar-refractivity contribution in [3.05, 3.63) is 194 Å². The molecular weight excluding hydrogens is 685 g/mol. The molecule has 0 aliphatic carbocycles. The summed E-state index contributed by atoms with van der Waals surface area (Å²) in [6.07, 6.45) is 0. The van der Waals surface area contributed by atoms with Crippen LogP contribution in [0, 0.1) is 0 Å². The SMILES string of the molecule is c1ccc(-c2cc(-c3ccccc3)cc(-n3c4ccccc4c4cc5c(cc43)oc3ccc(-c4nc(-c6ccccc6)nc(-c6ccccc6)n4)cc35)c2)cc1. The zero-order chi connectivity index (χ0) is 37.0. The molecule has 5 heteroatoms. The first-order valence-corrected chi connectivity index (χ1v) is 18.8. The molecule has 0 N–H and O–H groups in total. The Morgan fingerprint density at radius 1 is 0.304 bits per heavy atom. The summed E-state index contributed by atoms with van der Waals surface area (Å²) >= 11 is 0. The number of rotatable bonds is 6. The van der Waals surface area contributed by atoms with E-state index in [-0.39, 0.29) is 0 Å². The van der Waals surface area contributed by atoms with E-state index in [1.165, 1.54) is 16.5 Å². The van der Waals surface area contributed by atoms with Crippen molar-refractivity contribution in [3.63, 3.8) is 0 Å². The Bertz CT molecular complexity index is 3110. The predicted octanol–water partition coefficient (Wildman–Crippen LogP) is 13.2. The third kappa shape index (κ3) is 5.45. The van der Waals surface area contributed by atoms with Crippen LogP contribution < -0.4 is 0 Å². The van der Waals surface area contributed by atoms with Crippen LogP contribution in [-0.2, 0) is 0 Å². The second kappa shape index (κ2) is 13.0. The Labute approximate surface area is 322 Å². The molecule has 0 aliphatic rings. The van der Waals surface area contributed by atoms with E-state index in [0.717, 1.165) is 71.9 Å². The quantitative estimate of drug-likeness (QED) is 0.172. The van der Waals surface area contributed by atoms with Crippen molar-refractivity contribution in [1.82, 2.24) is 19.5 Å². The zero-order valence-electron chi connectivity index (χ0n) is 30.2. The van der Waals surface area contributed by atoms with Gasteiger partial charge in [0.15, 0.2) is 17.5 Å². The summed E-state index contributed by atoms with van der Waals surface area (Å²) in [5, 5.41) is 4.39. The fourth-order valence-corrected chi connectivity index (χ4v) is 7.93. The molecule has 0 bridgehead atoms. The molecule has 5 nitrogen and oxygen atoms in total. The topological polar surface area (TPSA) is 56.7 Å². The smallest absolute Gasteiger partial charge is 0.164 e. The van der Waals surface area contributed by atoms with Gasteiger partial charge in [0.05, 0.1) is 11.0 Å². The largest absolute Gasteiger partial charge is 0.456 e. The highest BCUT2D eigenvalue weighted by atomic mass is 16.3. The summed E-state index contributed by atoms with van der Waals surface area (Å²) in [6, 6.07) is 67.6. The minimum absolute atomic E-state index is 0.610. The Balaban J connectivity index is 1.11. The van der Waals surface area contributed by atoms with Gasteiger partial charge in [-0.25, -0.2) is 15.0 Å². The maximum atomic E-state index is 6.64. The molecule has 11 aromatic rings. The number of nitrogens with zero attached hydrogens (tertiary/aromatic N) is 4. The summed E-state index contributed by atoms with van der Waals surface area (Å²) in [7, 11) is 0. The maximum Gasteiger partial charge on any atom is 0.164 e. The molecule has 0 radical (unpaired) electrons. The molecule has 0 saturated carbocycles. The van der Waals surface area contributed by atoms with E-state index >= 15 is 0 Å². The number of aromatic nitrogens is 4. The molecule has 56 heavy (non-hydrogen) atoms. The van der Waals surface area contributed by atoms with Crippen molar-refractivity contribution < 1.29 is 4.42 Å². The molecule has 0 spiro atoms. The van der Waals surface area contributed by atoms with E-state index in [1.54, 1.807) is 0 Å². The Morgan fingerprint density at radius 3 is 1.39 bits per heavy atom. The number of hydrogen-bond donors (Lipinski definition) is 0. The molecule has 11 rings (SSSR count). The molecule has 0 unspecified atom stereocenters. The van der Waals surface area contributed by atoms with E-state index in [0.29, 0.717) is 17.5 Å². The third-order valence-electron chi connectivity index (χ3n) is 10.6. The molecule has 3 heterocycles. The van der Waals surface area contributed by atoms with Crippen LogP contribution in [0.15, 0.2) is 199 Å². The zero-order valence-corrected chi connectivity index (χ0v) is 30.2. The van der Waals surface area contributed by atoms with E-state index in [4.69, 9.17) is 19.4 Å². The molecule has 0 saturated heterocycles. The first-order valence-electron chi connectivity index (χ1n) is 18.8. The second-order valence-corrected chi connectivity index (χ2v) is 14.1. The summed E-state index contributed by atoms with van der Waals surface area (Å²) in [6.45, 7) is 0. The van der Waals surface area contributed by atoms with Crippen LogP contribution in [-0.4, -0.2) is 19.5 Å². The minimum Gasteiger partial charge on any atom is -0.456 e. The highest BCUT2D eigenvalue weighted by Crippen LogP contribution is 2.41. The lowest BCUT2D eigenvalue weighted by Crippen LogP contribution is -2.00. The Kier molecular flexibility index (Phi) is 7.42. The van der Waals surface area contributed by atoms with E-state index in [2.05, 4.69) is 126 Å². The number of hydrogen-bond acceptors (Lipinski definition) is 4. The molecule has 8 aromatic carbocycles. The fraction of sp³-hybridized carbons (Fsp3) is 0. The lowest BCUT2D eigenvalue weighted by atomic mass is 9.98. The molecule has 0 atom stereocenters. The van der Waals surface area contributed by atoms with Gasteiger partial charge in [-0.3, -0.25) is 0 Å². The minimum atomic E-state index is 0.610. The molecule has 3 aromatic heterocycles. The van der Waals surface area contributed by atoms with Crippen molar-refractivity contribution in [2.75, 3.05) is 0 Å². The normalized spacial score (nSPS) is 11.6. The van der Waals surface area contributed by atoms with Crippen LogP contribution in [0.5, 0.6) is 0 Å². The van der Waals surface area contributed by atoms with Gasteiger partial charge in [0, 0.05) is 50.0 Å². The van der Waals surface area contributed by atoms with Gasteiger partial charge in [0.1, 0.15) is 11.2 Å². The van der Waals surface area contributed by atoms with Crippen molar-refractivity contribution in [1.29, 1.82) is 0 Å². The standard InChI is InChI=1S/C51H32N4O/c1-5-15-33(16-6-1)38-27-39(34-17-7-2-8-18-34)29-40(28-38)55-45-24-14-13-23-41(45)42-31-44-43-30-37(25-26-47(43)56-48(44)32-46(42)55)51-53-49(35-19-9-3-10-20-35)52-50(54-51)36-21-11-4-12-22-36/h1-32H. The van der Waals surface area contributed by atoms with Crippen molar-refractivity contribution in [2.24, 2.45) is 0 Å². The van der Waals surface area contributed by atoms with E-state index < -0.39 is 0 Å². The van der Waals surface area contributed by atoms with Gasteiger partial charge in [-0.05, 0) is 70.8 Å². The number of fused-ring (bicyclic) bond motifs is 6. The molecule has 262 valence electrons. The average molecular weight is 717 g/mol. The van der Waals surface area contributed by atoms with Gasteiger partial charge in [0.2, 0.25) is 0 Å². The number of furan rings is 1. The van der Waals surface area contributed by atoms with Gasteiger partial charge in [-0.2, -0.15) is 0 Å². The summed E-state index contributed by atoms with van der Waals surface area (Å²) in [5.74, 6) is 1.87. The summed E-state index contributed by atoms with van der Waals surface area (Å²) < 4.78 is 9.02. The highest BCUT2D eigenvalue weighted by molar-refractivity contribution is 6.17. The number of para-hydroxylation sites is 1. The maximum absolute atomic E-state index is 6.64. The van der Waals surface area contributed by atoms with Gasteiger partial charge in [-0.15, -0.1) is 0 Å². The van der Waals surface area contributed by atoms with Gasteiger partial charge >= 0.3 is 0 Å². The lowest BCUT2D eigenvalue weighted by molar-refractivity contribution is 0.669. The van der Waals surface area contributed by atoms with E-state index in [9.17, 15) is 0 Å². The third-order valence-corrected chi connectivity index (χ3v) is 10.6. The van der Waals surface area contributed by atoms with E-state index in [1.807, 2.05) is 72.8 Å². The van der Waals surface area contributed by atoms with Crippen LogP contribution in [0.2, 0.25) is 0 Å². The fourth-order valence-electron chi connectivity index (χ4n) is 7.93. The molecule has 0 fully saturated rings. The molecular formula is C51H32N4O. The molecule has 0 amide bonds. The summed E-state index contributed by atoms with van der Waals surface area (Å²) in [5.41, 5.74) is 12.4. The van der Waals surface area contributed by atoms with Crippen LogP contribution in [0.3, 0.4) is 0 Å². The predicted molar refractivity (Wildman–Crippen MR) is 229 cm³/mol. The summed E-state index contributed by atoms with van der Waals surface area (Å²) in [4.78, 5) is 14.9. The Morgan fingerprint density at radius 2 is 0.804 bits per heavy atom. The monoisotopic (exact) mass is 716 g/mol. The van der Waals surface area contributed by atoms with Gasteiger partial charge < -0.3 is 8.98 Å². The average Bonchev–Trinajstić information content (AvgIpc) is 3.80. The van der Waals surface area contributed by atoms with Crippen molar-refractivity contribution >= 4 is 43.7 Å². The lowest BCUT2D eigenvalue weighted by Gasteiger charge is -2.14. The van der Waals surface area contributed by atoms with Crippen LogP contribution in [0.25, 0.3) is 106 Å². The van der Waals surface area contributed by atoms with Gasteiger partial charge in [0.25, 0.3) is 0 Å². The van der Waals surface area contributed by atoms with Crippen LogP contribution in [0.1, 0.15) is 0 Å². The first-order chi connectivity index (χ1) is 27.7. The van der Waals surface area contributed by atoms with Crippen LogP contribution in [0.4, 0.5) is 0 Å². The van der Waals surface area contributed by atoms with Gasteiger partial charge in [-0.1, -0.05) is 140 Å². The first kappa shape index (κ1) is 31.9. The Hall–Kier alpha value is -7.63. The highest BCUT2D eigenvalue weighted by Gasteiger charge is 2.19. The van der Waals surface area contributed by atoms with Crippen molar-refractivity contribution in [2.45, 2.75) is 0 Å². The second-order valence-electron chi connectivity index (χ2n) is 14.1.